The molecule has 1 aromatic carbocycles. The molecular formula is C18H21ClN4O. The van der Waals surface area contributed by atoms with Crippen LogP contribution in [0.1, 0.15) is 42.9 Å². The summed E-state index contributed by atoms with van der Waals surface area (Å²) in [6, 6.07) is 9.86. The zero-order chi connectivity index (χ0) is 17.3. The van der Waals surface area contributed by atoms with Gasteiger partial charge in [0.2, 0.25) is 5.28 Å². The molecule has 3 rings (SSSR count). The lowest BCUT2D eigenvalue weighted by Crippen LogP contribution is -2.24. The Balaban J connectivity index is 1.78. The van der Waals surface area contributed by atoms with Crippen LogP contribution in [-0.4, -0.2) is 20.0 Å². The van der Waals surface area contributed by atoms with Gasteiger partial charge >= 0.3 is 0 Å². The van der Waals surface area contributed by atoms with Gasteiger partial charge in [-0.15, -0.1) is 0 Å². The highest BCUT2D eigenvalue weighted by Crippen LogP contribution is 2.21. The van der Waals surface area contributed by atoms with E-state index < -0.39 is 0 Å². The number of rotatable bonds is 5. The summed E-state index contributed by atoms with van der Waals surface area (Å²) < 4.78 is 4.06. The number of benzene rings is 1. The molecule has 0 fully saturated rings. The van der Waals surface area contributed by atoms with Crippen LogP contribution in [-0.2, 0) is 13.1 Å². The second-order valence-electron chi connectivity index (χ2n) is 6.01. The van der Waals surface area contributed by atoms with Gasteiger partial charge in [-0.1, -0.05) is 0 Å². The van der Waals surface area contributed by atoms with E-state index in [2.05, 4.69) is 28.7 Å². The molecular weight excluding hydrogens is 324 g/mol. The van der Waals surface area contributed by atoms with Crippen LogP contribution in [0.5, 0.6) is 0 Å². The number of amides is 1. The Labute approximate surface area is 146 Å². The lowest BCUT2D eigenvalue weighted by atomic mass is 10.2. The fourth-order valence-electron chi connectivity index (χ4n) is 2.90. The molecule has 0 saturated carbocycles. The quantitative estimate of drug-likeness (QED) is 0.760. The number of aryl methyl sites for hydroxylation is 1. The molecule has 0 radical (unpaired) electrons. The zero-order valence-electron chi connectivity index (χ0n) is 14.1. The average molecular weight is 345 g/mol. The van der Waals surface area contributed by atoms with E-state index in [1.807, 2.05) is 42.0 Å². The predicted molar refractivity (Wildman–Crippen MR) is 96.4 cm³/mol. The molecule has 24 heavy (non-hydrogen) atoms. The van der Waals surface area contributed by atoms with Gasteiger partial charge in [0.05, 0.1) is 17.6 Å². The number of halogens is 1. The zero-order valence-corrected chi connectivity index (χ0v) is 14.8. The van der Waals surface area contributed by atoms with Crippen LogP contribution in [0, 0.1) is 0 Å². The number of fused-ring (bicyclic) bond motifs is 1. The van der Waals surface area contributed by atoms with Gasteiger partial charge in [-0.05, 0) is 62.7 Å². The molecule has 0 aliphatic carbocycles. The van der Waals surface area contributed by atoms with Crippen molar-refractivity contribution < 1.29 is 4.79 Å². The maximum atomic E-state index is 12.4. The van der Waals surface area contributed by atoms with Gasteiger partial charge in [-0.3, -0.25) is 4.79 Å². The van der Waals surface area contributed by atoms with Crippen LogP contribution in [0.3, 0.4) is 0 Å². The van der Waals surface area contributed by atoms with Crippen LogP contribution in [0.2, 0.25) is 5.28 Å². The summed E-state index contributed by atoms with van der Waals surface area (Å²) in [6.07, 6.45) is 2.03. The number of nitrogens with one attached hydrogen (secondary N) is 1. The summed E-state index contributed by atoms with van der Waals surface area (Å²) in [4.78, 5) is 16.8. The normalized spacial score (nSPS) is 11.4. The van der Waals surface area contributed by atoms with E-state index in [0.717, 1.165) is 23.3 Å². The Morgan fingerprint density at radius 3 is 2.83 bits per heavy atom. The number of nitrogens with zero attached hydrogens (tertiary/aromatic N) is 3. The molecule has 0 unspecified atom stereocenters. The highest BCUT2D eigenvalue weighted by molar-refractivity contribution is 6.29. The highest BCUT2D eigenvalue weighted by atomic mass is 35.5. The maximum Gasteiger partial charge on any atom is 0.251 e. The van der Waals surface area contributed by atoms with Crippen molar-refractivity contribution in [3.05, 3.63) is 53.1 Å². The molecule has 1 N–H and O–H groups in total. The molecule has 2 aromatic heterocycles. The summed E-state index contributed by atoms with van der Waals surface area (Å²) in [5, 5.41) is 3.41. The van der Waals surface area contributed by atoms with Gasteiger partial charge in [-0.2, -0.15) is 0 Å². The lowest BCUT2D eigenvalue weighted by molar-refractivity contribution is 0.0950. The first-order chi connectivity index (χ1) is 11.5. The molecule has 3 aromatic rings. The van der Waals surface area contributed by atoms with E-state index in [9.17, 15) is 4.79 Å². The Bertz CT molecular complexity index is 878. The third kappa shape index (κ3) is 3.04. The van der Waals surface area contributed by atoms with Crippen molar-refractivity contribution in [3.63, 3.8) is 0 Å². The molecule has 0 aliphatic rings. The molecule has 1 amide bonds. The highest BCUT2D eigenvalue weighted by Gasteiger charge is 2.12. The van der Waals surface area contributed by atoms with Gasteiger partial charge in [0.25, 0.3) is 5.91 Å². The Morgan fingerprint density at radius 2 is 2.12 bits per heavy atom. The van der Waals surface area contributed by atoms with Crippen molar-refractivity contribution in [3.8, 4) is 0 Å². The minimum Gasteiger partial charge on any atom is -0.347 e. The first kappa shape index (κ1) is 16.6. The fourth-order valence-corrected chi connectivity index (χ4v) is 3.20. The van der Waals surface area contributed by atoms with Crippen LogP contribution >= 0.6 is 11.6 Å². The van der Waals surface area contributed by atoms with Crippen LogP contribution in [0.15, 0.2) is 36.5 Å². The molecule has 0 bridgehead atoms. The minimum atomic E-state index is -0.115. The summed E-state index contributed by atoms with van der Waals surface area (Å²) >= 11 is 6.12. The molecule has 0 atom stereocenters. The van der Waals surface area contributed by atoms with Crippen molar-refractivity contribution in [1.29, 1.82) is 0 Å². The average Bonchev–Trinajstić information content (AvgIpc) is 3.14. The van der Waals surface area contributed by atoms with Crippen molar-refractivity contribution >= 4 is 28.5 Å². The Kier molecular flexibility index (Phi) is 4.62. The van der Waals surface area contributed by atoms with Gasteiger partial charge in [0, 0.05) is 30.0 Å². The van der Waals surface area contributed by atoms with Crippen molar-refractivity contribution in [1.82, 2.24) is 19.4 Å². The van der Waals surface area contributed by atoms with Gasteiger partial charge in [-0.25, -0.2) is 4.98 Å². The Hall–Kier alpha value is -2.27. The second kappa shape index (κ2) is 6.69. The summed E-state index contributed by atoms with van der Waals surface area (Å²) in [5.74, 6) is -0.115. The summed E-state index contributed by atoms with van der Waals surface area (Å²) in [5.41, 5.74) is 3.34. The van der Waals surface area contributed by atoms with E-state index >= 15 is 0 Å². The smallest absolute Gasteiger partial charge is 0.251 e. The number of hydrogen-bond donors (Lipinski definition) is 1. The number of carbonyl (C=O) groups is 1. The molecule has 0 saturated heterocycles. The number of carbonyl (C=O) groups excluding carboxylic acids is 1. The first-order valence-corrected chi connectivity index (χ1v) is 8.48. The predicted octanol–water partition coefficient (Wildman–Crippen LogP) is 4.02. The monoisotopic (exact) mass is 344 g/mol. The van der Waals surface area contributed by atoms with Crippen LogP contribution in [0.4, 0.5) is 0 Å². The lowest BCUT2D eigenvalue weighted by Gasteiger charge is -2.13. The topological polar surface area (TPSA) is 51.9 Å². The second-order valence-corrected chi connectivity index (χ2v) is 6.35. The van der Waals surface area contributed by atoms with Gasteiger partial charge in [0.15, 0.2) is 0 Å². The molecule has 2 heterocycles. The van der Waals surface area contributed by atoms with Crippen LogP contribution in [0.25, 0.3) is 11.0 Å². The van der Waals surface area contributed by atoms with Crippen molar-refractivity contribution in [2.45, 2.75) is 39.9 Å². The molecule has 6 heteroatoms. The van der Waals surface area contributed by atoms with E-state index in [0.29, 0.717) is 23.4 Å². The standard InChI is InChI=1S/C18H21ClN4O/c1-4-22-16-8-7-13(10-15(16)21-18(22)19)17(24)20-11-14-6-5-9-23(14)12(2)3/h5-10,12H,4,11H2,1-3H3,(H,20,24). The van der Waals surface area contributed by atoms with E-state index in [-0.39, 0.29) is 5.91 Å². The Morgan fingerprint density at radius 1 is 1.33 bits per heavy atom. The minimum absolute atomic E-state index is 0.115. The van der Waals surface area contributed by atoms with Crippen LogP contribution < -0.4 is 5.32 Å². The SMILES string of the molecule is CCn1c(Cl)nc2cc(C(=O)NCc3cccn3C(C)C)ccc21. The number of aromatic nitrogens is 3. The third-order valence-corrected chi connectivity index (χ3v) is 4.42. The first-order valence-electron chi connectivity index (χ1n) is 8.11. The third-order valence-electron chi connectivity index (χ3n) is 4.13. The summed E-state index contributed by atoms with van der Waals surface area (Å²) in [6.45, 7) is 7.48. The van der Waals surface area contributed by atoms with Gasteiger partial charge in [0.1, 0.15) is 0 Å². The largest absolute Gasteiger partial charge is 0.347 e. The van der Waals surface area contributed by atoms with Gasteiger partial charge < -0.3 is 14.5 Å². The molecule has 126 valence electrons. The van der Waals surface area contributed by atoms with Crippen molar-refractivity contribution in [2.75, 3.05) is 0 Å². The molecule has 0 aliphatic heterocycles. The van der Waals surface area contributed by atoms with E-state index in [1.54, 1.807) is 6.07 Å². The number of hydrogen-bond acceptors (Lipinski definition) is 2. The van der Waals surface area contributed by atoms with E-state index in [4.69, 9.17) is 11.6 Å². The fraction of sp³-hybridized carbons (Fsp3) is 0.333. The van der Waals surface area contributed by atoms with E-state index in [1.165, 1.54) is 0 Å². The molecule has 5 nitrogen and oxygen atoms in total. The summed E-state index contributed by atoms with van der Waals surface area (Å²) in [7, 11) is 0. The van der Waals surface area contributed by atoms with Crippen molar-refractivity contribution in [2.24, 2.45) is 0 Å². The number of imidazole rings is 1. The maximum absolute atomic E-state index is 12.4. The molecule has 0 spiro atoms.